The number of terminal acetylenes is 1. The number of rotatable bonds is 4. The highest BCUT2D eigenvalue weighted by molar-refractivity contribution is 6.56. The van der Waals surface area contributed by atoms with E-state index >= 15 is 0 Å². The minimum absolute atomic E-state index is 0.225. The van der Waals surface area contributed by atoms with Gasteiger partial charge in [0.05, 0.1) is 11.1 Å². The zero-order valence-electron chi connectivity index (χ0n) is 23.9. The number of nitrogens with two attached hydrogens (primary N) is 2. The van der Waals surface area contributed by atoms with Crippen molar-refractivity contribution in [2.24, 2.45) is 5.73 Å². The average Bonchev–Trinajstić information content (AvgIpc) is 2.85. The molecule has 0 aromatic heterocycles. The van der Waals surface area contributed by atoms with E-state index in [4.69, 9.17) is 17.9 Å². The molecular weight excluding hydrogens is 613 g/mol. The first-order valence-electron chi connectivity index (χ1n) is 12.3. The summed E-state index contributed by atoms with van der Waals surface area (Å²) in [6, 6.07) is 0. The molecule has 21 heteroatoms. The Morgan fingerprint density at radius 2 is 1.14 bits per heavy atom. The number of benzene rings is 2. The lowest BCUT2D eigenvalue weighted by Crippen LogP contribution is -2.41. The molecule has 5 N–H and O–H groups in total. The molecule has 44 heavy (non-hydrogen) atoms. The van der Waals surface area contributed by atoms with Gasteiger partial charge >= 0.3 is 24.7 Å². The van der Waals surface area contributed by atoms with Crippen LogP contribution in [0.25, 0.3) is 11.1 Å². The molecule has 2 rings (SSSR count). The van der Waals surface area contributed by atoms with E-state index in [2.05, 4.69) is 0 Å². The highest BCUT2D eigenvalue weighted by Crippen LogP contribution is 2.51. The van der Waals surface area contributed by atoms with Crippen LogP contribution >= 0.6 is 0 Å². The Morgan fingerprint density at radius 3 is 1.52 bits per heavy atom. The van der Waals surface area contributed by atoms with Crippen LogP contribution in [-0.2, 0) is 24.9 Å². The van der Waals surface area contributed by atoms with E-state index in [1.807, 2.05) is 5.92 Å². The Kier molecular flexibility index (Phi) is 9.77. The summed E-state index contributed by atoms with van der Waals surface area (Å²) in [4.78, 5) is 0. The van der Waals surface area contributed by atoms with Gasteiger partial charge in [-0.3, -0.25) is 0 Å². The van der Waals surface area contributed by atoms with Crippen LogP contribution in [0.1, 0.15) is 22.3 Å². The first kappa shape index (κ1) is 36.6. The van der Waals surface area contributed by atoms with Gasteiger partial charge in [0.1, 0.15) is 50.5 Å². The lowest BCUT2D eigenvalue weighted by Gasteiger charge is -2.30. The fraction of sp³-hybridized carbons (Fsp3) is 0.217. The number of phenolic OH excluding ortho intramolecular Hbond substituents is 1. The molecule has 2 aromatic rings. The van der Waals surface area contributed by atoms with Crippen LogP contribution in [-0.4, -0.2) is 58.4 Å². The molecule has 0 bridgehead atoms. The van der Waals surface area contributed by atoms with Gasteiger partial charge in [0.25, 0.3) is 0 Å². The lowest BCUT2D eigenvalue weighted by atomic mass is 9.66. The summed E-state index contributed by atoms with van der Waals surface area (Å²) in [5.74, 6) is -0.397. The molecular formula is C23H20B6F12N2O. The number of nitrogen functional groups attached to an aromatic ring is 1. The second-order valence-corrected chi connectivity index (χ2v) is 10.1. The molecule has 0 saturated heterocycles. The van der Waals surface area contributed by atoms with Crippen molar-refractivity contribution in [3.63, 3.8) is 0 Å². The molecule has 0 amide bonds. The van der Waals surface area contributed by atoms with Crippen molar-refractivity contribution in [2.45, 2.75) is 31.1 Å². The van der Waals surface area contributed by atoms with Gasteiger partial charge in [-0.05, 0) is 16.6 Å². The minimum Gasteiger partial charge on any atom is -0.507 e. The highest BCUT2D eigenvalue weighted by Gasteiger charge is 2.49. The number of allylic oxidation sites excluding steroid dienone is 3. The minimum atomic E-state index is -5.85. The zero-order chi connectivity index (χ0) is 34.7. The van der Waals surface area contributed by atoms with Gasteiger partial charge in [0.2, 0.25) is 0 Å². The summed E-state index contributed by atoms with van der Waals surface area (Å²) >= 11 is 0. The first-order valence-corrected chi connectivity index (χ1v) is 12.3. The maximum absolute atomic E-state index is 14.7. The Bertz CT molecular complexity index is 1630. The smallest absolute Gasteiger partial charge is 0.420 e. The van der Waals surface area contributed by atoms with Gasteiger partial charge < -0.3 is 16.6 Å². The number of phenols is 1. The summed E-state index contributed by atoms with van der Waals surface area (Å²) in [5.41, 5.74) is -7.52. The molecule has 0 saturated carbocycles. The van der Waals surface area contributed by atoms with Gasteiger partial charge in [0, 0.05) is 28.9 Å². The zero-order valence-corrected chi connectivity index (χ0v) is 23.9. The SMILES string of the molecule is B/C(C#C)=C(N)/C(B)=C(\Cc1c(B)c(C(F)(F)F)c(-c2c(B)c(B)c(N)c(B)c2C(F)(F)F)c(O)c1C(F)(F)F)C(F)(F)F. The molecule has 0 heterocycles. The third kappa shape index (κ3) is 6.58. The third-order valence-electron chi connectivity index (χ3n) is 7.50. The molecule has 0 aliphatic carbocycles. The molecule has 0 fully saturated rings. The molecule has 0 atom stereocenters. The highest BCUT2D eigenvalue weighted by atomic mass is 19.4. The third-order valence-corrected chi connectivity index (χ3v) is 7.50. The van der Waals surface area contributed by atoms with E-state index in [1.54, 1.807) is 0 Å². The number of hydrogen-bond acceptors (Lipinski definition) is 3. The van der Waals surface area contributed by atoms with Crippen LogP contribution < -0.4 is 33.3 Å². The number of hydrogen-bond donors (Lipinski definition) is 3. The largest absolute Gasteiger partial charge is 0.507 e. The summed E-state index contributed by atoms with van der Waals surface area (Å²) < 4.78 is 173. The van der Waals surface area contributed by atoms with E-state index in [9.17, 15) is 57.8 Å². The van der Waals surface area contributed by atoms with Gasteiger partial charge in [0.15, 0.2) is 7.85 Å². The van der Waals surface area contributed by atoms with Gasteiger partial charge in [-0.25, -0.2) is 0 Å². The number of aromatic hydroxyl groups is 1. The van der Waals surface area contributed by atoms with E-state index in [0.29, 0.717) is 7.85 Å². The predicted molar refractivity (Wildman–Crippen MR) is 160 cm³/mol. The van der Waals surface area contributed by atoms with Crippen molar-refractivity contribution in [1.82, 2.24) is 0 Å². The fourth-order valence-corrected chi connectivity index (χ4v) is 5.03. The van der Waals surface area contributed by atoms with Crippen molar-refractivity contribution in [2.75, 3.05) is 5.73 Å². The van der Waals surface area contributed by atoms with Crippen molar-refractivity contribution in [3.8, 4) is 29.2 Å². The molecule has 2 aromatic carbocycles. The summed E-state index contributed by atoms with van der Waals surface area (Å²) in [5, 5.41) is 10.9. The van der Waals surface area contributed by atoms with Crippen molar-refractivity contribution in [3.05, 3.63) is 44.5 Å². The van der Waals surface area contributed by atoms with E-state index in [0.717, 1.165) is 39.2 Å². The van der Waals surface area contributed by atoms with E-state index in [1.165, 1.54) is 0 Å². The van der Waals surface area contributed by atoms with Crippen LogP contribution in [0.15, 0.2) is 22.2 Å². The number of halogens is 12. The summed E-state index contributed by atoms with van der Waals surface area (Å²) in [6.45, 7) is 0. The summed E-state index contributed by atoms with van der Waals surface area (Å²) in [6.07, 6.45) is -19.4. The second kappa shape index (κ2) is 11.7. The molecule has 0 radical (unpaired) electrons. The van der Waals surface area contributed by atoms with Gasteiger partial charge in [-0.1, -0.05) is 33.2 Å². The number of alkyl halides is 12. The molecule has 0 aliphatic rings. The predicted octanol–water partition coefficient (Wildman–Crippen LogP) is -1.84. The Labute approximate surface area is 248 Å². The molecule has 0 spiro atoms. The molecule has 230 valence electrons. The van der Waals surface area contributed by atoms with E-state index < -0.39 is 109 Å². The van der Waals surface area contributed by atoms with Crippen LogP contribution in [0.5, 0.6) is 5.75 Å². The second-order valence-electron chi connectivity index (χ2n) is 10.1. The van der Waals surface area contributed by atoms with Crippen molar-refractivity contribution in [1.29, 1.82) is 0 Å². The first-order chi connectivity index (χ1) is 19.6. The quantitative estimate of drug-likeness (QED) is 0.122. The lowest BCUT2D eigenvalue weighted by molar-refractivity contribution is -0.142. The Morgan fingerprint density at radius 1 is 0.705 bits per heavy atom. The van der Waals surface area contributed by atoms with Gasteiger partial charge in [-0.2, -0.15) is 52.7 Å². The maximum Gasteiger partial charge on any atom is 0.420 e. The van der Waals surface area contributed by atoms with Crippen molar-refractivity contribution >= 4 is 74.6 Å². The fourth-order valence-electron chi connectivity index (χ4n) is 5.03. The standard InChI is InChI=1S/C23H20B6F12N2O/c1-2-6(24)17(42)13(26)5(20(30,31)32)3-4-9(21(33,34)35)19(44)8(11(12(4)25)23(39,40)41)7-10(22(36,37)38)15(28)18(43)16(29)14(7)27/h1,44H,3,24-29,42-43H2/b13-5-,17-6-. The average molecular weight is 633 g/mol. The molecule has 0 aliphatic heterocycles. The summed E-state index contributed by atoms with van der Waals surface area (Å²) in [7, 11) is 4.98. The van der Waals surface area contributed by atoms with Crippen LogP contribution in [0.2, 0.25) is 0 Å². The monoisotopic (exact) mass is 634 g/mol. The molecule has 0 unspecified atom stereocenters. The maximum atomic E-state index is 14.7. The molecule has 3 nitrogen and oxygen atoms in total. The van der Waals surface area contributed by atoms with E-state index in [-0.39, 0.29) is 10.9 Å². The topological polar surface area (TPSA) is 72.3 Å². The Balaban J connectivity index is 3.42. The van der Waals surface area contributed by atoms with Crippen LogP contribution in [0, 0.1) is 12.3 Å². The number of anilines is 1. The van der Waals surface area contributed by atoms with Gasteiger partial charge in [-0.15, -0.1) is 6.42 Å². The Hall–Kier alpha value is -3.57. The van der Waals surface area contributed by atoms with Crippen molar-refractivity contribution < 1.29 is 57.8 Å². The normalized spacial score (nSPS) is 14.2. The van der Waals surface area contributed by atoms with Crippen LogP contribution in [0.3, 0.4) is 0 Å². The van der Waals surface area contributed by atoms with Crippen LogP contribution in [0.4, 0.5) is 58.4 Å².